The van der Waals surface area contributed by atoms with E-state index in [9.17, 15) is 9.59 Å². The smallest absolute Gasteiger partial charge is 0.290 e. The molecule has 0 saturated carbocycles. The average molecular weight is 461 g/mol. The number of imide groups is 1. The number of fused-ring (bicyclic) bond motifs is 1. The summed E-state index contributed by atoms with van der Waals surface area (Å²) in [4.78, 5) is 24.1. The molecular formula is C28H32N2O2S. The molecule has 2 amide bonds. The van der Waals surface area contributed by atoms with E-state index in [4.69, 9.17) is 0 Å². The molecule has 0 unspecified atom stereocenters. The first kappa shape index (κ1) is 23.4. The first-order valence-corrected chi connectivity index (χ1v) is 12.4. The van der Waals surface area contributed by atoms with Crippen molar-refractivity contribution >= 4 is 40.2 Å². The zero-order valence-corrected chi connectivity index (χ0v) is 21.1. The Morgan fingerprint density at radius 2 is 1.88 bits per heavy atom. The van der Waals surface area contributed by atoms with Crippen molar-refractivity contribution in [3.63, 3.8) is 0 Å². The molecule has 4 nitrogen and oxygen atoms in total. The van der Waals surface area contributed by atoms with Gasteiger partial charge in [0.25, 0.3) is 11.1 Å². The Hall–Kier alpha value is -2.79. The second kappa shape index (κ2) is 8.86. The Kier molecular flexibility index (Phi) is 6.28. The number of thioether (sulfide) groups is 1. The molecule has 1 fully saturated rings. The summed E-state index contributed by atoms with van der Waals surface area (Å²) in [6, 6.07) is 10.9. The minimum Gasteiger partial charge on any atom is -0.385 e. The molecule has 1 aliphatic heterocycles. The van der Waals surface area contributed by atoms with Crippen LogP contribution in [-0.4, -0.2) is 17.7 Å². The van der Waals surface area contributed by atoms with E-state index in [0.29, 0.717) is 10.8 Å². The lowest BCUT2D eigenvalue weighted by atomic mass is 9.70. The predicted octanol–water partition coefficient (Wildman–Crippen LogP) is 7.14. The van der Waals surface area contributed by atoms with E-state index in [2.05, 4.69) is 82.5 Å². The molecule has 0 atom stereocenters. The molecule has 0 aromatic heterocycles. The summed E-state index contributed by atoms with van der Waals surface area (Å²) in [5.74, 6) is 0.122. The van der Waals surface area contributed by atoms with E-state index in [1.54, 1.807) is 6.08 Å². The van der Waals surface area contributed by atoms with E-state index in [1.165, 1.54) is 27.8 Å². The summed E-state index contributed by atoms with van der Waals surface area (Å²) in [5, 5.41) is 5.50. The SMILES string of the molecule is CCNc1ccc(C=C2SC(=O)NC2=O)cc1-c1cc2c(cc1C)C(C)(C)CC=C2C(C)C. The summed E-state index contributed by atoms with van der Waals surface area (Å²) in [6.07, 6.45) is 5.25. The number of aryl methyl sites for hydroxylation is 1. The molecule has 0 radical (unpaired) electrons. The van der Waals surface area contributed by atoms with Gasteiger partial charge in [-0.25, -0.2) is 0 Å². The van der Waals surface area contributed by atoms with Gasteiger partial charge in [0.15, 0.2) is 0 Å². The van der Waals surface area contributed by atoms with Gasteiger partial charge < -0.3 is 5.32 Å². The first-order valence-electron chi connectivity index (χ1n) is 11.6. The predicted molar refractivity (Wildman–Crippen MR) is 140 cm³/mol. The number of anilines is 1. The molecule has 2 N–H and O–H groups in total. The number of carbonyl (C=O) groups excluding carboxylic acids is 2. The second-order valence-electron chi connectivity index (χ2n) is 9.80. The van der Waals surface area contributed by atoms with Gasteiger partial charge >= 0.3 is 0 Å². The van der Waals surface area contributed by atoms with Crippen molar-refractivity contribution < 1.29 is 9.59 Å². The van der Waals surface area contributed by atoms with Gasteiger partial charge in [-0.3, -0.25) is 14.9 Å². The molecule has 1 saturated heterocycles. The summed E-state index contributed by atoms with van der Waals surface area (Å²) in [6.45, 7) is 14.2. The molecule has 1 heterocycles. The van der Waals surface area contributed by atoms with Crippen molar-refractivity contribution in [3.8, 4) is 11.1 Å². The second-order valence-corrected chi connectivity index (χ2v) is 10.8. The van der Waals surface area contributed by atoms with Gasteiger partial charge in [-0.05, 0) is 101 Å². The summed E-state index contributed by atoms with van der Waals surface area (Å²) in [7, 11) is 0. The molecular weight excluding hydrogens is 428 g/mol. The van der Waals surface area contributed by atoms with Crippen LogP contribution >= 0.6 is 11.8 Å². The Bertz CT molecular complexity index is 1200. The molecule has 2 aromatic carbocycles. The Labute approximate surface area is 200 Å². The molecule has 4 rings (SSSR count). The van der Waals surface area contributed by atoms with Gasteiger partial charge in [0, 0.05) is 17.8 Å². The highest BCUT2D eigenvalue weighted by Gasteiger charge is 2.30. The number of allylic oxidation sites excluding steroid dienone is 2. The highest BCUT2D eigenvalue weighted by atomic mass is 32.2. The van der Waals surface area contributed by atoms with Crippen LogP contribution in [0.1, 0.15) is 63.3 Å². The molecule has 0 spiro atoms. The van der Waals surface area contributed by atoms with Crippen molar-refractivity contribution in [2.24, 2.45) is 5.92 Å². The maximum absolute atomic E-state index is 12.0. The fourth-order valence-electron chi connectivity index (χ4n) is 4.72. The van der Waals surface area contributed by atoms with Gasteiger partial charge in [-0.15, -0.1) is 0 Å². The van der Waals surface area contributed by atoms with E-state index >= 15 is 0 Å². The fraction of sp³-hybridized carbons (Fsp3) is 0.357. The van der Waals surface area contributed by atoms with Crippen LogP contribution in [-0.2, 0) is 10.2 Å². The van der Waals surface area contributed by atoms with Crippen LogP contribution in [0.3, 0.4) is 0 Å². The molecule has 2 aromatic rings. The number of hydrogen-bond acceptors (Lipinski definition) is 4. The molecule has 1 aliphatic carbocycles. The molecule has 2 aliphatic rings. The van der Waals surface area contributed by atoms with Crippen LogP contribution in [0.15, 0.2) is 41.3 Å². The number of hydrogen-bond donors (Lipinski definition) is 2. The number of nitrogens with one attached hydrogen (secondary N) is 2. The summed E-state index contributed by atoms with van der Waals surface area (Å²) in [5.41, 5.74) is 9.75. The minimum absolute atomic E-state index is 0.105. The largest absolute Gasteiger partial charge is 0.385 e. The molecule has 5 heteroatoms. The van der Waals surface area contributed by atoms with Crippen molar-refractivity contribution in [2.75, 3.05) is 11.9 Å². The van der Waals surface area contributed by atoms with E-state index in [1.807, 2.05) is 6.07 Å². The monoisotopic (exact) mass is 460 g/mol. The normalized spacial score (nSPS) is 18.4. The Balaban J connectivity index is 1.89. The number of rotatable bonds is 5. The van der Waals surface area contributed by atoms with Gasteiger partial charge in [0.2, 0.25) is 0 Å². The minimum atomic E-state index is -0.332. The Morgan fingerprint density at radius 3 is 2.52 bits per heavy atom. The zero-order chi connectivity index (χ0) is 23.9. The maximum atomic E-state index is 12.0. The maximum Gasteiger partial charge on any atom is 0.290 e. The third-order valence-electron chi connectivity index (χ3n) is 6.50. The zero-order valence-electron chi connectivity index (χ0n) is 20.3. The van der Waals surface area contributed by atoms with Crippen LogP contribution in [0.2, 0.25) is 0 Å². The van der Waals surface area contributed by atoms with Gasteiger partial charge in [0.1, 0.15) is 0 Å². The van der Waals surface area contributed by atoms with Crippen LogP contribution in [0.25, 0.3) is 22.8 Å². The van der Waals surface area contributed by atoms with Gasteiger partial charge in [0.05, 0.1) is 4.91 Å². The van der Waals surface area contributed by atoms with Crippen LogP contribution < -0.4 is 10.6 Å². The van der Waals surface area contributed by atoms with Crippen molar-refractivity contribution in [1.82, 2.24) is 5.32 Å². The lowest BCUT2D eigenvalue weighted by Gasteiger charge is -2.34. The highest BCUT2D eigenvalue weighted by Crippen LogP contribution is 2.45. The van der Waals surface area contributed by atoms with Crippen molar-refractivity contribution in [3.05, 3.63) is 63.6 Å². The topological polar surface area (TPSA) is 58.2 Å². The first-order chi connectivity index (χ1) is 15.6. The van der Waals surface area contributed by atoms with Crippen LogP contribution in [0, 0.1) is 12.8 Å². The number of amides is 2. The average Bonchev–Trinajstić information content (AvgIpc) is 3.06. The molecule has 33 heavy (non-hydrogen) atoms. The molecule has 0 bridgehead atoms. The Morgan fingerprint density at radius 1 is 1.12 bits per heavy atom. The third kappa shape index (κ3) is 4.51. The van der Waals surface area contributed by atoms with E-state index in [-0.39, 0.29) is 16.6 Å². The quantitative estimate of drug-likeness (QED) is 0.466. The van der Waals surface area contributed by atoms with Gasteiger partial charge in [-0.1, -0.05) is 45.9 Å². The fourth-order valence-corrected chi connectivity index (χ4v) is 5.40. The van der Waals surface area contributed by atoms with E-state index < -0.39 is 0 Å². The summed E-state index contributed by atoms with van der Waals surface area (Å²) >= 11 is 0.948. The van der Waals surface area contributed by atoms with Crippen LogP contribution in [0.5, 0.6) is 0 Å². The molecule has 172 valence electrons. The lowest BCUT2D eigenvalue weighted by molar-refractivity contribution is -0.115. The van der Waals surface area contributed by atoms with Crippen molar-refractivity contribution in [1.29, 1.82) is 0 Å². The van der Waals surface area contributed by atoms with E-state index in [0.717, 1.165) is 41.5 Å². The van der Waals surface area contributed by atoms with Gasteiger partial charge in [-0.2, -0.15) is 0 Å². The number of carbonyl (C=O) groups is 2. The van der Waals surface area contributed by atoms with Crippen LogP contribution in [0.4, 0.5) is 10.5 Å². The van der Waals surface area contributed by atoms with Crippen molar-refractivity contribution in [2.45, 2.75) is 53.4 Å². The summed E-state index contributed by atoms with van der Waals surface area (Å²) < 4.78 is 0. The highest BCUT2D eigenvalue weighted by molar-refractivity contribution is 8.18. The standard InChI is InChI=1S/C28H32N2O2S/c1-7-29-24-9-8-18(14-25-26(31)30-27(32)33-25)13-22(24)20-15-21-19(16(2)3)10-11-28(5,6)23(21)12-17(20)4/h8-10,12-16,29H,7,11H2,1-6H3,(H,30,31,32). The lowest BCUT2D eigenvalue weighted by Crippen LogP contribution is -2.23. The third-order valence-corrected chi connectivity index (χ3v) is 7.31. The number of benzene rings is 2.